The summed E-state index contributed by atoms with van der Waals surface area (Å²) in [6.07, 6.45) is -4.58. The van der Waals surface area contributed by atoms with E-state index in [1.54, 1.807) is 0 Å². The van der Waals surface area contributed by atoms with Crippen LogP contribution in [0.3, 0.4) is 0 Å². The van der Waals surface area contributed by atoms with Crippen molar-refractivity contribution in [2.45, 2.75) is 12.6 Å². The van der Waals surface area contributed by atoms with Crippen LogP contribution in [0, 0.1) is 0 Å². The van der Waals surface area contributed by atoms with Gasteiger partial charge in [0.15, 0.2) is 0 Å². The van der Waals surface area contributed by atoms with Gasteiger partial charge in [-0.3, -0.25) is 4.79 Å². The molecule has 1 aromatic heterocycles. The number of hydrogen-bond donors (Lipinski definition) is 1. The molecule has 1 N–H and O–H groups in total. The van der Waals surface area contributed by atoms with Crippen LogP contribution >= 0.6 is 0 Å². The third-order valence-corrected chi connectivity index (χ3v) is 1.13. The molecule has 1 aromatic rings. The Morgan fingerprint density at radius 3 is 2.62 bits per heavy atom. The van der Waals surface area contributed by atoms with E-state index in [2.05, 4.69) is 9.40 Å². The van der Waals surface area contributed by atoms with E-state index in [0.717, 1.165) is 0 Å². The molecule has 0 aliphatic heterocycles. The van der Waals surface area contributed by atoms with Gasteiger partial charge in [-0.25, -0.2) is 4.98 Å². The van der Waals surface area contributed by atoms with Gasteiger partial charge in [-0.2, -0.15) is 13.2 Å². The zero-order valence-corrected chi connectivity index (χ0v) is 6.13. The Hall–Kier alpha value is -1.53. The number of aliphatic carboxylic acids is 1. The fourth-order valence-electron chi connectivity index (χ4n) is 0.673. The van der Waals surface area contributed by atoms with E-state index in [1.165, 1.54) is 0 Å². The van der Waals surface area contributed by atoms with Crippen LogP contribution in [0.4, 0.5) is 13.2 Å². The molecule has 0 radical (unpaired) electrons. The highest BCUT2D eigenvalue weighted by Gasteiger charge is 2.37. The number of carboxylic acid groups (broad SMARTS) is 1. The van der Waals surface area contributed by atoms with Crippen molar-refractivity contribution in [3.8, 4) is 0 Å². The Balaban J connectivity index is 2.81. The summed E-state index contributed by atoms with van der Waals surface area (Å²) in [4.78, 5) is 13.0. The lowest BCUT2D eigenvalue weighted by Crippen LogP contribution is -2.06. The first-order chi connectivity index (χ1) is 5.89. The summed E-state index contributed by atoms with van der Waals surface area (Å²) in [5, 5.41) is 8.22. The third-order valence-electron chi connectivity index (χ3n) is 1.13. The van der Waals surface area contributed by atoms with Gasteiger partial charge in [-0.15, -0.1) is 0 Å². The lowest BCUT2D eigenvalue weighted by atomic mass is 10.3. The Bertz CT molecular complexity index is 317. The highest BCUT2D eigenvalue weighted by atomic mass is 19.4. The van der Waals surface area contributed by atoms with Gasteiger partial charge in [0.1, 0.15) is 6.26 Å². The van der Waals surface area contributed by atoms with Crippen LogP contribution in [0.25, 0.3) is 0 Å². The minimum absolute atomic E-state index is 0.250. The van der Waals surface area contributed by atoms with Crippen LogP contribution in [0.2, 0.25) is 0 Å². The van der Waals surface area contributed by atoms with E-state index in [0.29, 0.717) is 6.26 Å². The molecule has 0 spiro atoms. The van der Waals surface area contributed by atoms with E-state index >= 15 is 0 Å². The van der Waals surface area contributed by atoms with Crippen molar-refractivity contribution in [3.05, 3.63) is 17.8 Å². The quantitative estimate of drug-likeness (QED) is 0.772. The molecule has 7 heteroatoms. The predicted octanol–water partition coefficient (Wildman–Crippen LogP) is 1.32. The lowest BCUT2D eigenvalue weighted by molar-refractivity contribution is -0.157. The number of rotatable bonds is 2. The summed E-state index contributed by atoms with van der Waals surface area (Å²) >= 11 is 0. The lowest BCUT2D eigenvalue weighted by Gasteiger charge is -1.97. The summed E-state index contributed by atoms with van der Waals surface area (Å²) in [6, 6.07) is 0. The van der Waals surface area contributed by atoms with Crippen molar-refractivity contribution >= 4 is 5.97 Å². The molecule has 4 nitrogen and oxygen atoms in total. The van der Waals surface area contributed by atoms with E-state index < -0.39 is 24.5 Å². The summed E-state index contributed by atoms with van der Waals surface area (Å²) in [6.45, 7) is 0. The van der Waals surface area contributed by atoms with Gasteiger partial charge in [0.25, 0.3) is 0 Å². The van der Waals surface area contributed by atoms with Gasteiger partial charge in [0.05, 0.1) is 12.1 Å². The Morgan fingerprint density at radius 2 is 2.23 bits per heavy atom. The standard InChI is InChI=1S/C6H4F3NO3/c7-6(8,9)5-10-3(2-13-5)1-4(11)12/h2H,1H2,(H,11,12). The fourth-order valence-corrected chi connectivity index (χ4v) is 0.673. The van der Waals surface area contributed by atoms with Crippen molar-refractivity contribution in [1.29, 1.82) is 0 Å². The molecule has 0 amide bonds. The second-order valence-corrected chi connectivity index (χ2v) is 2.21. The molecule has 0 unspecified atom stereocenters. The van der Waals surface area contributed by atoms with Crippen LogP contribution in [-0.4, -0.2) is 16.1 Å². The first-order valence-electron chi connectivity index (χ1n) is 3.13. The number of nitrogens with zero attached hydrogens (tertiary/aromatic N) is 1. The van der Waals surface area contributed by atoms with Crippen LogP contribution < -0.4 is 0 Å². The fraction of sp³-hybridized carbons (Fsp3) is 0.333. The van der Waals surface area contributed by atoms with Crippen molar-refractivity contribution < 1.29 is 27.5 Å². The van der Waals surface area contributed by atoms with Gasteiger partial charge in [-0.05, 0) is 0 Å². The van der Waals surface area contributed by atoms with Crippen molar-refractivity contribution in [2.24, 2.45) is 0 Å². The molecule has 0 saturated heterocycles. The summed E-state index contributed by atoms with van der Waals surface area (Å²) in [7, 11) is 0. The maximum Gasteiger partial charge on any atom is 0.468 e. The van der Waals surface area contributed by atoms with Crippen LogP contribution in [0.15, 0.2) is 10.7 Å². The largest absolute Gasteiger partial charge is 0.481 e. The Labute approximate surface area is 70.0 Å². The molecule has 1 rings (SSSR count). The average molecular weight is 195 g/mol. The predicted molar refractivity (Wildman–Crippen MR) is 32.8 cm³/mol. The van der Waals surface area contributed by atoms with Crippen molar-refractivity contribution in [1.82, 2.24) is 4.98 Å². The number of hydrogen-bond acceptors (Lipinski definition) is 3. The summed E-state index contributed by atoms with van der Waals surface area (Å²) in [5.41, 5.74) is -0.250. The minimum atomic E-state index is -4.67. The molecule has 0 aliphatic carbocycles. The van der Waals surface area contributed by atoms with Crippen LogP contribution in [0.5, 0.6) is 0 Å². The maximum atomic E-state index is 11.8. The second-order valence-electron chi connectivity index (χ2n) is 2.21. The van der Waals surface area contributed by atoms with Gasteiger partial charge >= 0.3 is 18.0 Å². The van der Waals surface area contributed by atoms with Gasteiger partial charge in [0, 0.05) is 0 Å². The van der Waals surface area contributed by atoms with Gasteiger partial charge < -0.3 is 9.52 Å². The normalized spacial score (nSPS) is 11.6. The van der Waals surface area contributed by atoms with Crippen LogP contribution in [-0.2, 0) is 17.4 Å². The van der Waals surface area contributed by atoms with Gasteiger partial charge in [-0.1, -0.05) is 0 Å². The van der Waals surface area contributed by atoms with E-state index in [1.807, 2.05) is 0 Å². The SMILES string of the molecule is O=C(O)Cc1coc(C(F)(F)F)n1. The monoisotopic (exact) mass is 195 g/mol. The maximum absolute atomic E-state index is 11.8. The molecule has 13 heavy (non-hydrogen) atoms. The smallest absolute Gasteiger partial charge is 0.468 e. The topological polar surface area (TPSA) is 63.3 Å². The van der Waals surface area contributed by atoms with Crippen LogP contribution in [0.1, 0.15) is 11.6 Å². The zero-order chi connectivity index (χ0) is 10.1. The first kappa shape index (κ1) is 9.56. The molecule has 0 atom stereocenters. The molecule has 0 bridgehead atoms. The number of alkyl halides is 3. The first-order valence-corrected chi connectivity index (χ1v) is 3.13. The Morgan fingerprint density at radius 1 is 1.62 bits per heavy atom. The molecule has 72 valence electrons. The van der Waals surface area contributed by atoms with Crippen molar-refractivity contribution in [3.63, 3.8) is 0 Å². The minimum Gasteiger partial charge on any atom is -0.481 e. The van der Waals surface area contributed by atoms with Gasteiger partial charge in [0.2, 0.25) is 0 Å². The molecular weight excluding hydrogens is 191 g/mol. The Kier molecular flexibility index (Phi) is 2.26. The molecule has 0 fully saturated rings. The highest BCUT2D eigenvalue weighted by Crippen LogP contribution is 2.28. The molecule has 0 aromatic carbocycles. The number of halogens is 3. The van der Waals surface area contributed by atoms with E-state index in [4.69, 9.17) is 5.11 Å². The van der Waals surface area contributed by atoms with E-state index in [-0.39, 0.29) is 5.69 Å². The van der Waals surface area contributed by atoms with E-state index in [9.17, 15) is 18.0 Å². The summed E-state index contributed by atoms with van der Waals surface area (Å²) < 4.78 is 39.5. The number of carboxylic acids is 1. The zero-order valence-electron chi connectivity index (χ0n) is 6.13. The molecular formula is C6H4F3NO3. The number of oxazole rings is 1. The molecule has 0 saturated carbocycles. The summed E-state index contributed by atoms with van der Waals surface area (Å²) in [5.74, 6) is -2.69. The molecule has 0 aliphatic rings. The molecule has 1 heterocycles. The number of carbonyl (C=O) groups is 1. The highest BCUT2D eigenvalue weighted by molar-refractivity contribution is 5.69. The second kappa shape index (κ2) is 3.08. The average Bonchev–Trinajstić information content (AvgIpc) is 2.32. The van der Waals surface area contributed by atoms with Crippen molar-refractivity contribution in [2.75, 3.05) is 0 Å². The number of aromatic nitrogens is 1. The third kappa shape index (κ3) is 2.46.